The molecule has 0 aromatic heterocycles. The van der Waals surface area contributed by atoms with Gasteiger partial charge in [0.05, 0.1) is 10.5 Å². The second-order valence-corrected chi connectivity index (χ2v) is 7.32. The van der Waals surface area contributed by atoms with Gasteiger partial charge in [0.2, 0.25) is 0 Å². The normalized spacial score (nSPS) is 10.6. The molecule has 0 bridgehead atoms. The molecule has 0 atom stereocenters. The molecule has 1 N–H and O–H groups in total. The van der Waals surface area contributed by atoms with Gasteiger partial charge in [-0.25, -0.2) is 13.2 Å². The van der Waals surface area contributed by atoms with Gasteiger partial charge in [-0.05, 0) is 42.5 Å². The van der Waals surface area contributed by atoms with E-state index < -0.39 is 22.4 Å². The molecule has 0 fully saturated rings. The molecule has 0 aliphatic rings. The van der Waals surface area contributed by atoms with Gasteiger partial charge in [-0.15, -0.1) is 0 Å². The number of ether oxygens (including phenoxy) is 1. The Hall–Kier alpha value is -2.49. The number of hydrogen-bond donors (Lipinski definition) is 1. The summed E-state index contributed by atoms with van der Waals surface area (Å²) < 4.78 is 28.0. The molecule has 24 heavy (non-hydrogen) atoms. The van der Waals surface area contributed by atoms with Crippen LogP contribution < -0.4 is 4.74 Å². The Kier molecular flexibility index (Phi) is 5.50. The Morgan fingerprint density at radius 3 is 2.42 bits per heavy atom. The molecule has 0 spiro atoms. The zero-order valence-corrected chi connectivity index (χ0v) is 14.2. The van der Waals surface area contributed by atoms with E-state index in [1.807, 2.05) is 0 Å². The summed E-state index contributed by atoms with van der Waals surface area (Å²) in [6, 6.07) is 10.8. The highest BCUT2D eigenvalue weighted by atomic mass is 35.5. The number of aliphatic carboxylic acids is 1. The van der Waals surface area contributed by atoms with Crippen molar-refractivity contribution < 1.29 is 23.1 Å². The molecule has 0 saturated carbocycles. The Balaban J connectivity index is 2.29. The van der Waals surface area contributed by atoms with Crippen molar-refractivity contribution >= 4 is 27.4 Å². The van der Waals surface area contributed by atoms with Gasteiger partial charge in [0.25, 0.3) is 0 Å². The molecule has 2 aromatic rings. The van der Waals surface area contributed by atoms with Gasteiger partial charge < -0.3 is 9.84 Å². The van der Waals surface area contributed by atoms with Crippen molar-refractivity contribution in [2.75, 3.05) is 12.9 Å². The largest absolute Gasteiger partial charge is 0.481 e. The quantitative estimate of drug-likeness (QED) is 0.843. The van der Waals surface area contributed by atoms with Crippen LogP contribution in [-0.4, -0.2) is 32.4 Å². The van der Waals surface area contributed by atoms with E-state index in [0.717, 1.165) is 6.26 Å². The predicted molar refractivity (Wildman–Crippen MR) is 90.1 cm³/mol. The van der Waals surface area contributed by atoms with Crippen molar-refractivity contribution in [3.63, 3.8) is 0 Å². The molecule has 0 unspecified atom stereocenters. The fraction of sp³-hybridized carbons (Fsp3) is 0.118. The predicted octanol–water partition coefficient (Wildman–Crippen LogP) is 2.61. The maximum atomic E-state index is 11.4. The standard InChI is InChI=1S/C17H13ClO5S/c1-24(21,22)15-7-3-12(4-8-15)2-5-13-10-14(18)6-9-16(13)23-11-17(19)20/h3-4,6-10H,11H2,1H3,(H,19,20). The van der Waals surface area contributed by atoms with Gasteiger partial charge in [0, 0.05) is 16.8 Å². The average molecular weight is 365 g/mol. The number of benzene rings is 2. The number of carboxylic acids is 1. The minimum absolute atomic E-state index is 0.210. The lowest BCUT2D eigenvalue weighted by atomic mass is 10.1. The Bertz CT molecular complexity index is 922. The number of hydrogen-bond acceptors (Lipinski definition) is 4. The van der Waals surface area contributed by atoms with Gasteiger partial charge >= 0.3 is 5.97 Å². The van der Waals surface area contributed by atoms with Crippen LogP contribution >= 0.6 is 11.6 Å². The van der Waals surface area contributed by atoms with Crippen molar-refractivity contribution in [3.8, 4) is 17.6 Å². The molecule has 5 nitrogen and oxygen atoms in total. The lowest BCUT2D eigenvalue weighted by molar-refractivity contribution is -0.139. The highest BCUT2D eigenvalue weighted by Gasteiger charge is 2.06. The van der Waals surface area contributed by atoms with E-state index in [-0.39, 0.29) is 4.90 Å². The summed E-state index contributed by atoms with van der Waals surface area (Å²) in [5.41, 5.74) is 1.04. The molecule has 124 valence electrons. The van der Waals surface area contributed by atoms with Crippen molar-refractivity contribution in [1.82, 2.24) is 0 Å². The summed E-state index contributed by atoms with van der Waals surface area (Å²) in [5.74, 6) is 4.92. The lowest BCUT2D eigenvalue weighted by Gasteiger charge is -2.06. The maximum Gasteiger partial charge on any atom is 0.341 e. The summed E-state index contributed by atoms with van der Waals surface area (Å²) in [6.07, 6.45) is 1.13. The third kappa shape index (κ3) is 5.01. The molecule has 2 aromatic carbocycles. The molecular formula is C17H13ClO5S. The first-order chi connectivity index (χ1) is 11.3. The number of carbonyl (C=O) groups is 1. The van der Waals surface area contributed by atoms with Crippen molar-refractivity contribution in [1.29, 1.82) is 0 Å². The van der Waals surface area contributed by atoms with Gasteiger partial charge in [-0.1, -0.05) is 23.4 Å². The highest BCUT2D eigenvalue weighted by Crippen LogP contribution is 2.22. The molecule has 0 aliphatic heterocycles. The Morgan fingerprint density at radius 2 is 1.83 bits per heavy atom. The van der Waals surface area contributed by atoms with Crippen LogP contribution in [0.5, 0.6) is 5.75 Å². The zero-order chi connectivity index (χ0) is 17.7. The van der Waals surface area contributed by atoms with Crippen LogP contribution in [0.4, 0.5) is 0 Å². The minimum atomic E-state index is -3.26. The molecule has 0 aliphatic carbocycles. The summed E-state index contributed by atoms with van der Waals surface area (Å²) >= 11 is 5.93. The zero-order valence-electron chi connectivity index (χ0n) is 12.6. The van der Waals surface area contributed by atoms with E-state index >= 15 is 0 Å². The maximum absolute atomic E-state index is 11.4. The minimum Gasteiger partial charge on any atom is -0.481 e. The van der Waals surface area contributed by atoms with Gasteiger partial charge in [0.1, 0.15) is 5.75 Å². The smallest absolute Gasteiger partial charge is 0.341 e. The second kappa shape index (κ2) is 7.39. The molecule has 7 heteroatoms. The lowest BCUT2D eigenvalue weighted by Crippen LogP contribution is -2.10. The number of rotatable bonds is 4. The van der Waals surface area contributed by atoms with Crippen LogP contribution in [0, 0.1) is 11.8 Å². The van der Waals surface area contributed by atoms with E-state index in [0.29, 0.717) is 21.9 Å². The van der Waals surface area contributed by atoms with Crippen LogP contribution in [0.2, 0.25) is 5.02 Å². The molecule has 0 amide bonds. The molecule has 0 saturated heterocycles. The van der Waals surface area contributed by atoms with Gasteiger partial charge in [0.15, 0.2) is 16.4 Å². The molecular weight excluding hydrogens is 352 g/mol. The van der Waals surface area contributed by atoms with Crippen molar-refractivity contribution in [3.05, 3.63) is 58.6 Å². The van der Waals surface area contributed by atoms with Crippen LogP contribution in [0.25, 0.3) is 0 Å². The average Bonchev–Trinajstić information content (AvgIpc) is 2.51. The molecule has 0 heterocycles. The first kappa shape index (κ1) is 17.9. The van der Waals surface area contributed by atoms with Crippen LogP contribution in [-0.2, 0) is 14.6 Å². The SMILES string of the molecule is CS(=O)(=O)c1ccc(C#Cc2cc(Cl)ccc2OCC(=O)O)cc1. The summed E-state index contributed by atoms with van der Waals surface area (Å²) in [7, 11) is -3.26. The van der Waals surface area contributed by atoms with Crippen molar-refractivity contribution in [2.45, 2.75) is 4.90 Å². The van der Waals surface area contributed by atoms with E-state index in [1.165, 1.54) is 12.1 Å². The number of carboxylic acid groups (broad SMARTS) is 1. The van der Waals surface area contributed by atoms with E-state index in [2.05, 4.69) is 11.8 Å². The second-order valence-electron chi connectivity index (χ2n) is 4.87. The van der Waals surface area contributed by atoms with E-state index in [4.69, 9.17) is 21.4 Å². The van der Waals surface area contributed by atoms with Gasteiger partial charge in [-0.2, -0.15) is 0 Å². The van der Waals surface area contributed by atoms with E-state index in [1.54, 1.807) is 30.3 Å². The summed E-state index contributed by atoms with van der Waals surface area (Å²) in [4.78, 5) is 10.8. The van der Waals surface area contributed by atoms with Crippen LogP contribution in [0.1, 0.15) is 11.1 Å². The fourth-order valence-electron chi connectivity index (χ4n) is 1.79. The van der Waals surface area contributed by atoms with Crippen molar-refractivity contribution in [2.24, 2.45) is 0 Å². The first-order valence-corrected chi connectivity index (χ1v) is 8.99. The third-order valence-corrected chi connectivity index (χ3v) is 4.28. The Labute approximate surface area is 144 Å². The van der Waals surface area contributed by atoms with Crippen LogP contribution in [0.3, 0.4) is 0 Å². The third-order valence-electron chi connectivity index (χ3n) is 2.92. The van der Waals surface area contributed by atoms with E-state index in [9.17, 15) is 13.2 Å². The Morgan fingerprint density at radius 1 is 1.17 bits per heavy atom. The van der Waals surface area contributed by atoms with Gasteiger partial charge in [-0.3, -0.25) is 0 Å². The summed E-state index contributed by atoms with van der Waals surface area (Å²) in [5, 5.41) is 9.12. The highest BCUT2D eigenvalue weighted by molar-refractivity contribution is 7.90. The van der Waals surface area contributed by atoms with Crippen LogP contribution in [0.15, 0.2) is 47.4 Å². The fourth-order valence-corrected chi connectivity index (χ4v) is 2.59. The molecule has 0 radical (unpaired) electrons. The summed E-state index contributed by atoms with van der Waals surface area (Å²) in [6.45, 7) is -0.487. The monoisotopic (exact) mass is 364 g/mol. The molecule has 2 rings (SSSR count). The number of sulfone groups is 1. The first-order valence-electron chi connectivity index (χ1n) is 6.72. The topological polar surface area (TPSA) is 80.7 Å². The number of halogens is 1.